The quantitative estimate of drug-likeness (QED) is 0.657. The highest BCUT2D eigenvalue weighted by atomic mass is 16.5. The van der Waals surface area contributed by atoms with Crippen molar-refractivity contribution in [2.24, 2.45) is 0 Å². The van der Waals surface area contributed by atoms with Crippen LogP contribution in [-0.2, 0) is 13.0 Å². The van der Waals surface area contributed by atoms with Crippen molar-refractivity contribution in [2.45, 2.75) is 25.9 Å². The van der Waals surface area contributed by atoms with E-state index in [4.69, 9.17) is 9.15 Å². The van der Waals surface area contributed by atoms with Crippen molar-refractivity contribution in [1.29, 1.82) is 0 Å². The van der Waals surface area contributed by atoms with Crippen molar-refractivity contribution in [1.82, 2.24) is 10.2 Å². The molecule has 0 unspecified atom stereocenters. The summed E-state index contributed by atoms with van der Waals surface area (Å²) in [5.74, 6) is 1.54. The monoisotopic (exact) mass is 390 g/mol. The van der Waals surface area contributed by atoms with Crippen molar-refractivity contribution in [3.8, 4) is 5.75 Å². The second-order valence-electron chi connectivity index (χ2n) is 7.19. The fourth-order valence-corrected chi connectivity index (χ4v) is 3.83. The summed E-state index contributed by atoms with van der Waals surface area (Å²) in [6, 6.07) is 19.6. The lowest BCUT2D eigenvalue weighted by Crippen LogP contribution is -2.40. The van der Waals surface area contributed by atoms with Gasteiger partial charge in [0.15, 0.2) is 0 Å². The van der Waals surface area contributed by atoms with E-state index in [0.717, 1.165) is 31.0 Å². The highest BCUT2D eigenvalue weighted by molar-refractivity contribution is 5.94. The van der Waals surface area contributed by atoms with Crippen LogP contribution in [0.15, 0.2) is 71.3 Å². The van der Waals surface area contributed by atoms with Gasteiger partial charge < -0.3 is 14.5 Å². The van der Waals surface area contributed by atoms with Crippen molar-refractivity contribution >= 4 is 5.91 Å². The molecule has 1 aliphatic heterocycles. The number of nitrogens with one attached hydrogen (secondary N) is 1. The normalized spacial score (nSPS) is 14.8. The Bertz CT molecular complexity index is 935. The Labute approximate surface area is 171 Å². The summed E-state index contributed by atoms with van der Waals surface area (Å²) in [6.07, 6.45) is 2.69. The third-order valence-corrected chi connectivity index (χ3v) is 5.36. The van der Waals surface area contributed by atoms with E-state index in [-0.39, 0.29) is 11.9 Å². The maximum absolute atomic E-state index is 12.7. The van der Waals surface area contributed by atoms with Crippen LogP contribution in [0.5, 0.6) is 5.75 Å². The van der Waals surface area contributed by atoms with Crippen LogP contribution in [0, 0.1) is 0 Å². The molecule has 1 N–H and O–H groups in total. The third kappa shape index (κ3) is 4.51. The molecule has 1 atom stereocenters. The molecule has 0 bridgehead atoms. The molecule has 29 heavy (non-hydrogen) atoms. The zero-order valence-electron chi connectivity index (χ0n) is 16.6. The lowest BCUT2D eigenvalue weighted by atomic mass is 9.98. The predicted molar refractivity (Wildman–Crippen MR) is 112 cm³/mol. The van der Waals surface area contributed by atoms with E-state index in [1.807, 2.05) is 31.2 Å². The predicted octanol–water partition coefficient (Wildman–Crippen LogP) is 4.21. The number of hydrogen-bond acceptors (Lipinski definition) is 4. The second kappa shape index (κ2) is 8.97. The molecule has 1 amide bonds. The van der Waals surface area contributed by atoms with Crippen LogP contribution < -0.4 is 10.1 Å². The molecule has 3 aromatic rings. The first kappa shape index (κ1) is 19.3. The smallest absolute Gasteiger partial charge is 0.251 e. The van der Waals surface area contributed by atoms with E-state index in [9.17, 15) is 4.79 Å². The minimum atomic E-state index is -0.0954. The number of nitrogens with zero attached hydrogens (tertiary/aromatic N) is 1. The molecule has 5 nitrogen and oxygen atoms in total. The van der Waals surface area contributed by atoms with Crippen LogP contribution in [0.3, 0.4) is 0 Å². The number of ether oxygens (including phenoxy) is 1. The molecule has 0 spiro atoms. The van der Waals surface area contributed by atoms with Crippen LogP contribution >= 0.6 is 0 Å². The van der Waals surface area contributed by atoms with Crippen molar-refractivity contribution in [3.05, 3.63) is 89.4 Å². The molecule has 2 heterocycles. The molecule has 1 aromatic heterocycles. The highest BCUT2D eigenvalue weighted by Crippen LogP contribution is 2.28. The molecule has 1 aliphatic rings. The summed E-state index contributed by atoms with van der Waals surface area (Å²) < 4.78 is 11.2. The number of amides is 1. The fourth-order valence-electron chi connectivity index (χ4n) is 3.83. The average molecular weight is 390 g/mol. The van der Waals surface area contributed by atoms with E-state index < -0.39 is 0 Å². The van der Waals surface area contributed by atoms with Gasteiger partial charge >= 0.3 is 0 Å². The van der Waals surface area contributed by atoms with E-state index in [2.05, 4.69) is 34.5 Å². The van der Waals surface area contributed by atoms with Crippen LogP contribution in [0.1, 0.15) is 40.2 Å². The molecule has 5 heteroatoms. The number of rotatable bonds is 7. The number of hydrogen-bond donors (Lipinski definition) is 1. The Balaban J connectivity index is 1.45. The zero-order valence-corrected chi connectivity index (χ0v) is 16.6. The van der Waals surface area contributed by atoms with Crippen LogP contribution in [0.4, 0.5) is 0 Å². The molecule has 0 saturated carbocycles. The Morgan fingerprint density at radius 2 is 1.90 bits per heavy atom. The second-order valence-corrected chi connectivity index (χ2v) is 7.19. The first-order valence-electron chi connectivity index (χ1n) is 10.1. The van der Waals surface area contributed by atoms with Gasteiger partial charge in [0, 0.05) is 25.2 Å². The number of benzene rings is 2. The van der Waals surface area contributed by atoms with Crippen LogP contribution in [0.25, 0.3) is 0 Å². The van der Waals surface area contributed by atoms with Crippen LogP contribution in [-0.4, -0.2) is 30.5 Å². The van der Waals surface area contributed by atoms with E-state index in [1.54, 1.807) is 18.4 Å². The Hall–Kier alpha value is -3.05. The van der Waals surface area contributed by atoms with Crippen molar-refractivity contribution < 1.29 is 13.9 Å². The van der Waals surface area contributed by atoms with Gasteiger partial charge in [-0.05, 0) is 60.9 Å². The topological polar surface area (TPSA) is 54.7 Å². The van der Waals surface area contributed by atoms with Gasteiger partial charge in [-0.25, -0.2) is 0 Å². The van der Waals surface area contributed by atoms with Gasteiger partial charge in [0.2, 0.25) is 0 Å². The summed E-state index contributed by atoms with van der Waals surface area (Å²) >= 11 is 0. The number of fused-ring (bicyclic) bond motifs is 1. The molecule has 0 aliphatic carbocycles. The average Bonchev–Trinajstić information content (AvgIpc) is 3.29. The minimum absolute atomic E-state index is 0.00926. The molecule has 0 saturated heterocycles. The standard InChI is InChI=1S/C24H26N2O3/c1-2-28-21-11-9-19(10-12-21)24(27)25-16-22(23-8-5-15-29-23)26-14-13-18-6-3-4-7-20(18)17-26/h3-12,15,22H,2,13-14,16-17H2,1H3,(H,25,27)/t22-/m1/s1. The van der Waals surface area contributed by atoms with Crippen LogP contribution in [0.2, 0.25) is 0 Å². The van der Waals surface area contributed by atoms with Gasteiger partial charge in [-0.3, -0.25) is 9.69 Å². The summed E-state index contributed by atoms with van der Waals surface area (Å²) in [7, 11) is 0. The van der Waals surface area contributed by atoms with Gasteiger partial charge in [0.25, 0.3) is 5.91 Å². The molecular formula is C24H26N2O3. The fraction of sp³-hybridized carbons (Fsp3) is 0.292. The summed E-state index contributed by atoms with van der Waals surface area (Å²) in [5.41, 5.74) is 3.36. The van der Waals surface area contributed by atoms with Gasteiger partial charge in [0.1, 0.15) is 11.5 Å². The lowest BCUT2D eigenvalue weighted by Gasteiger charge is -2.34. The third-order valence-electron chi connectivity index (χ3n) is 5.36. The molecule has 4 rings (SSSR count). The van der Waals surface area contributed by atoms with Crippen molar-refractivity contribution in [3.63, 3.8) is 0 Å². The zero-order chi connectivity index (χ0) is 20.1. The lowest BCUT2D eigenvalue weighted by molar-refractivity contribution is 0.0919. The summed E-state index contributed by atoms with van der Waals surface area (Å²) in [6.45, 7) is 4.81. The first-order valence-corrected chi connectivity index (χ1v) is 10.1. The molecule has 2 aromatic carbocycles. The molecule has 0 fully saturated rings. The van der Waals surface area contributed by atoms with Gasteiger partial charge in [-0.2, -0.15) is 0 Å². The molecule has 0 radical (unpaired) electrons. The molecule has 150 valence electrons. The Morgan fingerprint density at radius 1 is 1.10 bits per heavy atom. The van der Waals surface area contributed by atoms with Gasteiger partial charge in [0.05, 0.1) is 18.9 Å². The minimum Gasteiger partial charge on any atom is -0.494 e. The molecular weight excluding hydrogens is 364 g/mol. The van der Waals surface area contributed by atoms with Gasteiger partial charge in [-0.1, -0.05) is 24.3 Å². The van der Waals surface area contributed by atoms with Crippen molar-refractivity contribution in [2.75, 3.05) is 19.7 Å². The Morgan fingerprint density at radius 3 is 2.62 bits per heavy atom. The summed E-state index contributed by atoms with van der Waals surface area (Å²) in [5, 5.41) is 3.08. The van der Waals surface area contributed by atoms with E-state index in [0.29, 0.717) is 18.7 Å². The SMILES string of the molecule is CCOc1ccc(C(=O)NC[C@H](c2ccco2)N2CCc3ccccc3C2)cc1. The highest BCUT2D eigenvalue weighted by Gasteiger charge is 2.27. The number of carbonyl (C=O) groups is 1. The van der Waals surface area contributed by atoms with E-state index >= 15 is 0 Å². The largest absolute Gasteiger partial charge is 0.494 e. The maximum atomic E-state index is 12.7. The maximum Gasteiger partial charge on any atom is 0.251 e. The Kier molecular flexibility index (Phi) is 5.96. The number of carbonyl (C=O) groups excluding carboxylic acids is 1. The first-order chi connectivity index (χ1) is 14.2. The summed E-state index contributed by atoms with van der Waals surface area (Å²) in [4.78, 5) is 15.0. The number of furan rings is 1. The van der Waals surface area contributed by atoms with Gasteiger partial charge in [-0.15, -0.1) is 0 Å². The van der Waals surface area contributed by atoms with E-state index in [1.165, 1.54) is 11.1 Å².